The third kappa shape index (κ3) is 20.7. The molecule has 3 N–H and O–H groups in total. The number of aromatic nitrogens is 3. The minimum Gasteiger partial charge on any atom is -0.369 e. The summed E-state index contributed by atoms with van der Waals surface area (Å²) in [5.41, 5.74) is 10.1. The van der Waals surface area contributed by atoms with Gasteiger partial charge in [0.1, 0.15) is 10.7 Å². The number of pyridine rings is 1. The molecule has 27 heteroatoms. The molecule has 9 aliphatic heterocycles. The van der Waals surface area contributed by atoms with Crippen LogP contribution in [0.5, 0.6) is 0 Å². The number of nitrogens with zero attached hydrogens (tertiary/aromatic N) is 12. The van der Waals surface area contributed by atoms with Crippen LogP contribution in [0.1, 0.15) is 191 Å². The summed E-state index contributed by atoms with van der Waals surface area (Å²) >= 11 is 5.03. The number of H-pyrrole nitrogens is 1. The van der Waals surface area contributed by atoms with E-state index in [0.29, 0.717) is 96.3 Å². The third-order valence-electron chi connectivity index (χ3n) is 26.5. The van der Waals surface area contributed by atoms with E-state index >= 15 is 0 Å². The van der Waals surface area contributed by atoms with Gasteiger partial charge in [-0.15, -0.1) is 35.3 Å². The van der Waals surface area contributed by atoms with Crippen LogP contribution in [0, 0.1) is 11.3 Å². The molecule has 7 saturated heterocycles. The number of likely N-dealkylation sites (tertiary alicyclic amines) is 3. The summed E-state index contributed by atoms with van der Waals surface area (Å²) in [6, 6.07) is 48.6. The normalized spacial score (nSPS) is 22.7. The van der Waals surface area contributed by atoms with Crippen molar-refractivity contribution < 1.29 is 41.2 Å². The first-order chi connectivity index (χ1) is 59.0. The summed E-state index contributed by atoms with van der Waals surface area (Å²) < 4.78 is 1.79. The van der Waals surface area contributed by atoms with Gasteiger partial charge in [0, 0.05) is 167 Å². The second kappa shape index (κ2) is 39.7. The van der Waals surface area contributed by atoms with Gasteiger partial charge in [0.2, 0.25) is 35.4 Å². The first kappa shape index (κ1) is 87.6. The lowest BCUT2D eigenvalue weighted by Crippen LogP contribution is -2.51. The standard InChI is InChI=1S/C32H43N7O3S.C32H34N4O3S.C31H46N4O3S.2H2/c1-22(2)10-16-38-30(41)27(43-31(38)24-7-4-5-8-25(24)36-19-17-35(3)18-20-36)21-28(40)37-14-11-23(12-15-37)39-26-9-6-13-33-29(26)34-32(39)42;37-29(34-18-16-26(17-19-34)36-22-25-13-7-8-14-27(25)33-32(36)39)21-28-30(38)35(20-15-23-9-3-1-4-10-23)31(40-28)24-11-5-2-6-12-24;1-30(2,3)17-21-35-28(37)26(39-31(35)15-8-4-5-9-16-31)22-27(36)33-18-13-24(14-19-33)34-20-12-23-10-6-7-11-25(23)32-29(34)38;;/h4-9,13,22-23,27,31H,10-12,14-21H2,1-3H3,(H,33,34,42);1-14,26,28,31H,15-22H2,(H,33,39);6-7,10-11,24,26H,4-5,8-9,12-22H2,1-3H3,(H,32,38);2*1H. The average Bonchev–Trinajstić information content (AvgIpc) is 1.15. The molecule has 5 unspecified atom stereocenters. The monoisotopic (exact) mass is 1720 g/mol. The molecule has 654 valence electrons. The molecule has 5 atom stereocenters. The molecular weight excluding hydrogens is 1590 g/mol. The Kier molecular flexibility index (Phi) is 28.5. The number of likely N-dealkylation sites (N-methyl/N-ethyl adjacent to an activating group) is 1. The van der Waals surface area contributed by atoms with Gasteiger partial charge in [-0.25, -0.2) is 19.4 Å². The lowest BCUT2D eigenvalue weighted by atomic mass is 9.91. The van der Waals surface area contributed by atoms with Gasteiger partial charge in [-0.05, 0) is 148 Å². The Bertz CT molecular complexity index is 4880. The number of fused-ring (bicyclic) bond motifs is 3. The molecule has 17 rings (SSSR count). The number of hydrogen-bond donors (Lipinski definition) is 3. The first-order valence-electron chi connectivity index (χ1n) is 44.7. The van der Waals surface area contributed by atoms with Crippen LogP contribution in [0.15, 0.2) is 157 Å². The number of nitrogens with one attached hydrogen (secondary N) is 3. The number of hydrogen-bond acceptors (Lipinski definition) is 15. The van der Waals surface area contributed by atoms with E-state index in [0.717, 1.165) is 138 Å². The SMILES string of the molecule is CC(C)(C)CCN1C(=O)C(CC(=O)N2CCC(N3CCc4ccccc4NC3=O)CC2)SC12CCCCCC2.CC(C)CCN1C(=O)C(CC(=O)N2CCC(n3c(=O)[nH]c4ncccc43)CC2)SC1c1ccccc1N1CCN(C)CC1.O=C(CC1SC(c2ccccc2)N(CCc2ccccc2)C1=O)N1CCC(N2Cc3ccccc3NC2=O)CC1.[HH].[HH]. The number of amides is 10. The van der Waals surface area contributed by atoms with Crippen LogP contribution in [0.2, 0.25) is 0 Å². The van der Waals surface area contributed by atoms with Gasteiger partial charge in [-0.1, -0.05) is 176 Å². The lowest BCUT2D eigenvalue weighted by molar-refractivity contribution is -0.138. The summed E-state index contributed by atoms with van der Waals surface area (Å²) in [6.07, 6.45) is 17.2. The molecule has 0 bridgehead atoms. The Morgan fingerprint density at radius 3 is 1.67 bits per heavy atom. The lowest BCUT2D eigenvalue weighted by Gasteiger charge is -2.40. The van der Waals surface area contributed by atoms with E-state index in [1.807, 2.05) is 125 Å². The molecular formula is C95H127N15O9S3. The summed E-state index contributed by atoms with van der Waals surface area (Å²) in [7, 11) is 2.16. The number of benzene rings is 5. The number of thioether (sulfide) groups is 3. The molecule has 2 aromatic heterocycles. The van der Waals surface area contributed by atoms with E-state index in [1.165, 1.54) is 35.2 Å². The molecule has 10 amide bonds. The van der Waals surface area contributed by atoms with E-state index in [4.69, 9.17) is 0 Å². The molecule has 10 aliphatic rings. The van der Waals surface area contributed by atoms with Gasteiger partial charge in [0.05, 0.1) is 26.1 Å². The zero-order chi connectivity index (χ0) is 85.2. The summed E-state index contributed by atoms with van der Waals surface area (Å²) in [4.78, 5) is 148. The van der Waals surface area contributed by atoms with Crippen molar-refractivity contribution in [3.63, 3.8) is 0 Å². The number of rotatable bonds is 20. The van der Waals surface area contributed by atoms with Gasteiger partial charge in [-0.2, -0.15) is 0 Å². The first-order valence-corrected chi connectivity index (χ1v) is 47.5. The molecule has 5 aromatic carbocycles. The topological polar surface area (TPSA) is 244 Å². The quantitative estimate of drug-likeness (QED) is 0.0642. The molecule has 7 aromatic rings. The average molecular weight is 1720 g/mol. The number of carbonyl (C=O) groups is 8. The zero-order valence-electron chi connectivity index (χ0n) is 71.9. The van der Waals surface area contributed by atoms with Crippen molar-refractivity contribution >= 4 is 111 Å². The molecule has 24 nitrogen and oxygen atoms in total. The van der Waals surface area contributed by atoms with E-state index in [9.17, 15) is 43.2 Å². The maximum absolute atomic E-state index is 13.9. The van der Waals surface area contributed by atoms with Crippen molar-refractivity contribution in [1.29, 1.82) is 0 Å². The van der Waals surface area contributed by atoms with E-state index in [2.05, 4.69) is 132 Å². The predicted octanol–water partition coefficient (Wildman–Crippen LogP) is 15.4. The molecule has 1 aliphatic carbocycles. The minimum atomic E-state index is -0.398. The molecule has 1 spiro atoms. The van der Waals surface area contributed by atoms with Gasteiger partial charge >= 0.3 is 17.8 Å². The number of carbonyl (C=O) groups excluding carboxylic acids is 8. The van der Waals surface area contributed by atoms with Crippen molar-refractivity contribution in [2.75, 3.05) is 114 Å². The third-order valence-corrected chi connectivity index (χ3v) is 31.1. The zero-order valence-corrected chi connectivity index (χ0v) is 74.4. The van der Waals surface area contributed by atoms with Crippen LogP contribution in [0.3, 0.4) is 0 Å². The maximum atomic E-state index is 13.9. The number of para-hydroxylation sites is 3. The highest BCUT2D eigenvalue weighted by molar-refractivity contribution is 8.02. The van der Waals surface area contributed by atoms with Crippen LogP contribution in [0.25, 0.3) is 11.2 Å². The highest BCUT2D eigenvalue weighted by Crippen LogP contribution is 2.52. The highest BCUT2D eigenvalue weighted by atomic mass is 32.2. The summed E-state index contributed by atoms with van der Waals surface area (Å²) in [5, 5.41) is 4.81. The molecule has 122 heavy (non-hydrogen) atoms. The van der Waals surface area contributed by atoms with Gasteiger partial charge in [0.15, 0.2) is 5.65 Å². The summed E-state index contributed by atoms with van der Waals surface area (Å²) in [6.45, 7) is 22.0. The fourth-order valence-corrected chi connectivity index (χ4v) is 24.1. The molecule has 1 saturated carbocycles. The Balaban J connectivity index is 0.000000159. The number of anilines is 3. The van der Waals surface area contributed by atoms with Crippen LogP contribution < -0.4 is 21.2 Å². The number of piperidine rings is 3. The second-order valence-electron chi connectivity index (χ2n) is 36.3. The van der Waals surface area contributed by atoms with Crippen molar-refractivity contribution in [3.05, 3.63) is 190 Å². The van der Waals surface area contributed by atoms with E-state index in [1.54, 1.807) is 46.0 Å². The van der Waals surface area contributed by atoms with Crippen molar-refractivity contribution in [2.24, 2.45) is 11.3 Å². The minimum absolute atomic E-state index is 0. The Hall–Kier alpha value is -9.31. The highest BCUT2D eigenvalue weighted by Gasteiger charge is 2.53. The predicted molar refractivity (Wildman–Crippen MR) is 491 cm³/mol. The number of aromatic amines is 1. The van der Waals surface area contributed by atoms with Gasteiger partial charge in [0.25, 0.3) is 0 Å². The van der Waals surface area contributed by atoms with Crippen molar-refractivity contribution in [1.82, 2.24) is 58.6 Å². The number of imidazole rings is 1. The van der Waals surface area contributed by atoms with E-state index < -0.39 is 10.5 Å². The fraction of sp³-hybridized carbons (Fsp3) is 0.537. The fourth-order valence-electron chi connectivity index (χ4n) is 19.3. The largest absolute Gasteiger partial charge is 0.369 e. The van der Waals surface area contributed by atoms with Crippen molar-refractivity contribution in [3.8, 4) is 0 Å². The van der Waals surface area contributed by atoms with E-state index in [-0.39, 0.29) is 113 Å². The van der Waals surface area contributed by atoms with Gasteiger partial charge < -0.3 is 59.6 Å². The molecule has 0 radical (unpaired) electrons. The molecule has 11 heterocycles. The summed E-state index contributed by atoms with van der Waals surface area (Å²) in [5.74, 6) is 0.910. The number of urea groups is 2. The number of piperazine rings is 1. The van der Waals surface area contributed by atoms with Crippen LogP contribution in [-0.2, 0) is 48.2 Å². The van der Waals surface area contributed by atoms with Crippen LogP contribution in [-0.4, -0.2) is 238 Å². The van der Waals surface area contributed by atoms with Gasteiger partial charge in [-0.3, -0.25) is 38.3 Å². The maximum Gasteiger partial charge on any atom is 0.327 e. The second-order valence-corrected chi connectivity index (χ2v) is 40.5. The van der Waals surface area contributed by atoms with Crippen LogP contribution >= 0.6 is 35.3 Å². The van der Waals surface area contributed by atoms with Crippen molar-refractivity contribution in [2.45, 2.75) is 213 Å². The van der Waals surface area contributed by atoms with Crippen LogP contribution in [0.4, 0.5) is 26.7 Å². The Morgan fingerprint density at radius 2 is 1.06 bits per heavy atom. The Labute approximate surface area is 734 Å². The smallest absolute Gasteiger partial charge is 0.327 e. The Morgan fingerprint density at radius 1 is 0.533 bits per heavy atom. The molecule has 8 fully saturated rings.